The maximum atomic E-state index is 12.0. The smallest absolute Gasteiger partial charge is 0.233 e. The lowest BCUT2D eigenvalue weighted by molar-refractivity contribution is -0.371. The maximum Gasteiger partial charge on any atom is 0.456 e. The topological polar surface area (TPSA) is 0 Å². The van der Waals surface area contributed by atoms with Gasteiger partial charge >= 0.3 is 24.2 Å². The van der Waals surface area contributed by atoms with Crippen LogP contribution in [0.1, 0.15) is 0 Å². The summed E-state index contributed by atoms with van der Waals surface area (Å²) in [6.07, 6.45) is -19.4. The normalized spacial score (nSPS) is 15.8. The van der Waals surface area contributed by atoms with Crippen molar-refractivity contribution in [1.29, 1.82) is 0 Å². The summed E-state index contributed by atoms with van der Waals surface area (Å²) in [6, 6.07) is 0. The van der Waals surface area contributed by atoms with Gasteiger partial charge in [-0.3, -0.25) is 0 Å². The van der Waals surface area contributed by atoms with E-state index in [4.69, 9.17) is 0 Å². The molecule has 0 aromatic rings. The average Bonchev–Trinajstić information content (AvgIpc) is 1.98. The Morgan fingerprint density at radius 3 is 0.812 bits per heavy atom. The first-order valence-corrected chi connectivity index (χ1v) is 3.19. The highest BCUT2D eigenvalue weighted by atomic mass is 19.4. The van der Waals surface area contributed by atoms with Gasteiger partial charge in [0.05, 0.1) is 0 Å². The highest BCUT2D eigenvalue weighted by Gasteiger charge is 2.77. The van der Waals surface area contributed by atoms with Crippen molar-refractivity contribution < 1.29 is 48.3 Å². The molecule has 0 bridgehead atoms. The molecule has 11 heteroatoms. The lowest BCUT2D eigenvalue weighted by Gasteiger charge is -2.29. The lowest BCUT2D eigenvalue weighted by Crippen LogP contribution is -2.58. The number of rotatable bonds is 2. The molecule has 98 valence electrons. The van der Waals surface area contributed by atoms with Crippen LogP contribution < -0.4 is 0 Å². The van der Waals surface area contributed by atoms with Gasteiger partial charge in [-0.1, -0.05) is 0 Å². The summed E-state index contributed by atoms with van der Waals surface area (Å²) in [7, 11) is 0. The molecule has 0 aromatic carbocycles. The summed E-state index contributed by atoms with van der Waals surface area (Å²) >= 11 is 0. The second-order valence-corrected chi connectivity index (χ2v) is 2.60. The number of alkyl halides is 11. The Balaban J connectivity index is 5.30. The maximum absolute atomic E-state index is 12.0. The molecule has 0 aromatic heterocycles. The van der Waals surface area contributed by atoms with Crippen molar-refractivity contribution in [1.82, 2.24) is 0 Å². The van der Waals surface area contributed by atoms with Gasteiger partial charge in [-0.25, -0.2) is 4.39 Å². The molecule has 0 amide bonds. The van der Waals surface area contributed by atoms with E-state index in [1.807, 2.05) is 0 Å². The fourth-order valence-corrected chi connectivity index (χ4v) is 0.515. The number of hydrogen-bond acceptors (Lipinski definition) is 0. The Morgan fingerprint density at radius 2 is 0.688 bits per heavy atom. The molecule has 0 aliphatic carbocycles. The zero-order valence-electron chi connectivity index (χ0n) is 6.73. The SMILES string of the molecule is FC(C(F)(F)C(F)(F)F)C(F)(F)C(F)(F)F. The van der Waals surface area contributed by atoms with Gasteiger partial charge in [-0.2, -0.15) is 43.9 Å². The van der Waals surface area contributed by atoms with Gasteiger partial charge in [-0.15, -0.1) is 0 Å². The Morgan fingerprint density at radius 1 is 0.500 bits per heavy atom. The van der Waals surface area contributed by atoms with E-state index >= 15 is 0 Å². The summed E-state index contributed by atoms with van der Waals surface area (Å²) in [5.41, 5.74) is 0. The number of halogens is 11. The van der Waals surface area contributed by atoms with Crippen molar-refractivity contribution in [2.75, 3.05) is 0 Å². The Bertz CT molecular complexity index is 218. The van der Waals surface area contributed by atoms with Crippen LogP contribution in [0.4, 0.5) is 48.3 Å². The van der Waals surface area contributed by atoms with Gasteiger partial charge in [0.1, 0.15) is 0 Å². The lowest BCUT2D eigenvalue weighted by atomic mass is 10.1. The molecule has 0 fully saturated rings. The second kappa shape index (κ2) is 3.62. The van der Waals surface area contributed by atoms with Crippen LogP contribution in [-0.4, -0.2) is 30.4 Å². The molecule has 0 saturated carbocycles. The zero-order valence-corrected chi connectivity index (χ0v) is 6.73. The number of hydrogen-bond donors (Lipinski definition) is 0. The minimum atomic E-state index is -6.85. The molecule has 16 heavy (non-hydrogen) atoms. The summed E-state index contributed by atoms with van der Waals surface area (Å²) in [5.74, 6) is -13.6. The van der Waals surface area contributed by atoms with Crippen molar-refractivity contribution >= 4 is 0 Å². The molecule has 0 aliphatic heterocycles. The van der Waals surface area contributed by atoms with Crippen LogP contribution in [-0.2, 0) is 0 Å². The third kappa shape index (κ3) is 2.32. The Labute approximate surface area is 80.0 Å². The first-order valence-electron chi connectivity index (χ1n) is 3.19. The van der Waals surface area contributed by atoms with Gasteiger partial charge in [0, 0.05) is 0 Å². The van der Waals surface area contributed by atoms with E-state index < -0.39 is 30.4 Å². The summed E-state index contributed by atoms with van der Waals surface area (Å²) in [6.45, 7) is 0. The van der Waals surface area contributed by atoms with E-state index in [1.165, 1.54) is 0 Å². The predicted octanol–water partition coefficient (Wildman–Crippen LogP) is 3.72. The Hall–Kier alpha value is -0.770. The minimum absolute atomic E-state index is 5.74. The van der Waals surface area contributed by atoms with E-state index in [9.17, 15) is 48.3 Å². The van der Waals surface area contributed by atoms with E-state index in [1.54, 1.807) is 0 Å². The molecule has 0 aliphatic rings. The van der Waals surface area contributed by atoms with Gasteiger partial charge in [-0.05, 0) is 0 Å². The van der Waals surface area contributed by atoms with Crippen LogP contribution in [0.3, 0.4) is 0 Å². The molecule has 0 rings (SSSR count). The van der Waals surface area contributed by atoms with E-state index in [0.717, 1.165) is 0 Å². The summed E-state index contributed by atoms with van der Waals surface area (Å²) in [5, 5.41) is 0. The van der Waals surface area contributed by atoms with Gasteiger partial charge < -0.3 is 0 Å². The molecule has 0 radical (unpaired) electrons. The van der Waals surface area contributed by atoms with Crippen LogP contribution in [0, 0.1) is 0 Å². The van der Waals surface area contributed by atoms with E-state index in [0.29, 0.717) is 0 Å². The third-order valence-corrected chi connectivity index (χ3v) is 1.39. The van der Waals surface area contributed by atoms with Crippen molar-refractivity contribution in [3.05, 3.63) is 0 Å². The van der Waals surface area contributed by atoms with Gasteiger partial charge in [0.15, 0.2) is 0 Å². The van der Waals surface area contributed by atoms with Crippen LogP contribution in [0.2, 0.25) is 0 Å². The molecule has 0 nitrogen and oxygen atoms in total. The van der Waals surface area contributed by atoms with Crippen LogP contribution in [0.25, 0.3) is 0 Å². The van der Waals surface area contributed by atoms with Crippen molar-refractivity contribution in [2.24, 2.45) is 0 Å². The second-order valence-electron chi connectivity index (χ2n) is 2.60. The highest BCUT2D eigenvalue weighted by Crippen LogP contribution is 2.49. The van der Waals surface area contributed by atoms with Crippen molar-refractivity contribution in [3.8, 4) is 0 Å². The molecule has 0 saturated heterocycles. The monoisotopic (exact) mass is 270 g/mol. The van der Waals surface area contributed by atoms with Gasteiger partial charge in [0.25, 0.3) is 0 Å². The standard InChI is InChI=1S/C5HF11/c6-1(2(7,8)4(11,12)13)3(9,10)5(14,15)16/h1H. The molecule has 0 N–H and O–H groups in total. The largest absolute Gasteiger partial charge is 0.456 e. The first-order chi connectivity index (χ1) is 6.65. The predicted molar refractivity (Wildman–Crippen MR) is 26.9 cm³/mol. The fraction of sp³-hybridized carbons (Fsp3) is 1.00. The molecule has 0 atom stereocenters. The molecule has 0 heterocycles. The molecule has 0 spiro atoms. The van der Waals surface area contributed by atoms with Crippen molar-refractivity contribution in [3.63, 3.8) is 0 Å². The van der Waals surface area contributed by atoms with Crippen LogP contribution >= 0.6 is 0 Å². The third-order valence-electron chi connectivity index (χ3n) is 1.39. The zero-order chi connectivity index (χ0) is 13.6. The quantitative estimate of drug-likeness (QED) is 0.671. The summed E-state index contributed by atoms with van der Waals surface area (Å²) in [4.78, 5) is 0. The highest BCUT2D eigenvalue weighted by molar-refractivity contribution is 4.96. The summed E-state index contributed by atoms with van der Waals surface area (Å²) < 4.78 is 127. The molecular formula is C5HF11. The van der Waals surface area contributed by atoms with Crippen LogP contribution in [0.5, 0.6) is 0 Å². The Kier molecular flexibility index (Phi) is 3.45. The first kappa shape index (κ1) is 15.2. The average molecular weight is 270 g/mol. The van der Waals surface area contributed by atoms with E-state index in [-0.39, 0.29) is 0 Å². The minimum Gasteiger partial charge on any atom is -0.233 e. The van der Waals surface area contributed by atoms with Crippen LogP contribution in [0.15, 0.2) is 0 Å². The fourth-order valence-electron chi connectivity index (χ4n) is 0.515. The molecular weight excluding hydrogens is 269 g/mol. The van der Waals surface area contributed by atoms with E-state index in [2.05, 4.69) is 0 Å². The molecule has 0 unspecified atom stereocenters. The van der Waals surface area contributed by atoms with Crippen molar-refractivity contribution in [2.45, 2.75) is 30.4 Å². The van der Waals surface area contributed by atoms with Gasteiger partial charge in [0.2, 0.25) is 6.17 Å².